The highest BCUT2D eigenvalue weighted by molar-refractivity contribution is 9.10. The molecule has 0 amide bonds. The summed E-state index contributed by atoms with van der Waals surface area (Å²) < 4.78 is 5.85. The molecule has 0 atom stereocenters. The van der Waals surface area contributed by atoms with Gasteiger partial charge in [0.1, 0.15) is 0 Å². The molecule has 0 aliphatic carbocycles. The lowest BCUT2D eigenvalue weighted by atomic mass is 9.95. The summed E-state index contributed by atoms with van der Waals surface area (Å²) in [5.74, 6) is -1.90. The zero-order valence-electron chi connectivity index (χ0n) is 11.4. The van der Waals surface area contributed by atoms with Crippen molar-refractivity contribution in [2.45, 2.75) is 26.7 Å². The van der Waals surface area contributed by atoms with E-state index in [0.29, 0.717) is 12.0 Å². The van der Waals surface area contributed by atoms with E-state index in [1.807, 2.05) is 31.2 Å². The third-order valence-corrected chi connectivity index (χ3v) is 3.28. The number of rotatable bonds is 6. The first kappa shape index (κ1) is 16.4. The summed E-state index contributed by atoms with van der Waals surface area (Å²) in [6.07, 6.45) is 0.0845. The normalized spacial score (nSPS) is 11.8. The second-order valence-electron chi connectivity index (χ2n) is 4.09. The predicted molar refractivity (Wildman–Crippen MR) is 77.6 cm³/mol. The minimum atomic E-state index is -1.30. The molecule has 1 rings (SSSR count). The average molecular weight is 340 g/mol. The molecule has 1 aromatic rings. The van der Waals surface area contributed by atoms with E-state index in [-0.39, 0.29) is 12.2 Å². The van der Waals surface area contributed by atoms with E-state index < -0.39 is 18.4 Å². The van der Waals surface area contributed by atoms with E-state index in [0.717, 1.165) is 10.0 Å². The van der Waals surface area contributed by atoms with Crippen LogP contribution in [0, 0.1) is 0 Å². The number of carboxylic acid groups (broad SMARTS) is 1. The zero-order chi connectivity index (χ0) is 15.1. The molecule has 0 N–H and O–H groups in total. The van der Waals surface area contributed by atoms with Gasteiger partial charge in [-0.05, 0) is 36.6 Å². The molecule has 0 bridgehead atoms. The highest BCUT2D eigenvalue weighted by Gasteiger charge is 2.17. The van der Waals surface area contributed by atoms with Crippen molar-refractivity contribution in [1.29, 1.82) is 0 Å². The molecule has 0 aromatic heterocycles. The Morgan fingerprint density at radius 1 is 1.20 bits per heavy atom. The first-order valence-corrected chi connectivity index (χ1v) is 7.13. The summed E-state index contributed by atoms with van der Waals surface area (Å²) in [5, 5.41) is 10.9. The second-order valence-corrected chi connectivity index (χ2v) is 5.00. The van der Waals surface area contributed by atoms with Gasteiger partial charge in [0.25, 0.3) is 0 Å². The maximum atomic E-state index is 11.9. The number of halogens is 1. The average Bonchev–Trinajstić information content (AvgIpc) is 2.40. The van der Waals surface area contributed by atoms with Crippen LogP contribution in [0.25, 0.3) is 5.57 Å². The molecule has 108 valence electrons. The van der Waals surface area contributed by atoms with E-state index >= 15 is 0 Å². The van der Waals surface area contributed by atoms with Crippen LogP contribution < -0.4 is 5.11 Å². The summed E-state index contributed by atoms with van der Waals surface area (Å²) in [6.45, 7) is 3.75. The Morgan fingerprint density at radius 3 is 2.25 bits per heavy atom. The smallest absolute Gasteiger partial charge is 0.334 e. The third kappa shape index (κ3) is 4.49. The van der Waals surface area contributed by atoms with E-state index in [9.17, 15) is 14.7 Å². The van der Waals surface area contributed by atoms with Gasteiger partial charge in [-0.25, -0.2) is 4.79 Å². The molecule has 0 saturated heterocycles. The summed E-state index contributed by atoms with van der Waals surface area (Å²) in [4.78, 5) is 22.8. The fourth-order valence-corrected chi connectivity index (χ4v) is 2.17. The van der Waals surface area contributed by atoms with E-state index in [1.54, 1.807) is 6.92 Å². The van der Waals surface area contributed by atoms with Gasteiger partial charge in [0.05, 0.1) is 6.61 Å². The number of aliphatic carboxylic acids is 1. The van der Waals surface area contributed by atoms with E-state index in [4.69, 9.17) is 4.74 Å². The van der Waals surface area contributed by atoms with Crippen LogP contribution in [0.3, 0.4) is 0 Å². The van der Waals surface area contributed by atoms with Crippen molar-refractivity contribution in [3.8, 4) is 0 Å². The highest BCUT2D eigenvalue weighted by Crippen LogP contribution is 2.26. The Kier molecular flexibility index (Phi) is 6.45. The van der Waals surface area contributed by atoms with Gasteiger partial charge in [0, 0.05) is 22.4 Å². The van der Waals surface area contributed by atoms with Gasteiger partial charge < -0.3 is 14.6 Å². The van der Waals surface area contributed by atoms with Crippen LogP contribution in [0.4, 0.5) is 0 Å². The van der Waals surface area contributed by atoms with Crippen LogP contribution in [0.5, 0.6) is 0 Å². The summed E-state index contributed by atoms with van der Waals surface area (Å²) in [6, 6.07) is 7.34. The number of ether oxygens (including phenoxy) is 1. The Morgan fingerprint density at radius 2 is 1.80 bits per heavy atom. The molecule has 0 heterocycles. The lowest BCUT2D eigenvalue weighted by Gasteiger charge is -2.14. The zero-order valence-corrected chi connectivity index (χ0v) is 13.0. The number of carbonyl (C=O) groups is 2. The van der Waals surface area contributed by atoms with Gasteiger partial charge in [-0.3, -0.25) is 0 Å². The summed E-state index contributed by atoms with van der Waals surface area (Å²) in [5.41, 5.74) is 1.62. The molecule has 0 aliphatic heterocycles. The van der Waals surface area contributed by atoms with Gasteiger partial charge in [-0.15, -0.1) is 0 Å². The molecule has 20 heavy (non-hydrogen) atoms. The number of hydrogen-bond acceptors (Lipinski definition) is 4. The molecular weight excluding hydrogens is 324 g/mol. The van der Waals surface area contributed by atoms with Gasteiger partial charge in [0.2, 0.25) is 0 Å². The number of esters is 1. The molecule has 0 radical (unpaired) electrons. The fraction of sp³-hybridized carbons (Fsp3) is 0.333. The fourth-order valence-electron chi connectivity index (χ4n) is 1.91. The van der Waals surface area contributed by atoms with Gasteiger partial charge in [0.15, 0.2) is 0 Å². The molecule has 0 unspecified atom stereocenters. The van der Waals surface area contributed by atoms with Gasteiger partial charge in [-0.2, -0.15) is 0 Å². The molecule has 0 aliphatic rings. The van der Waals surface area contributed by atoms with Crippen molar-refractivity contribution < 1.29 is 19.4 Å². The summed E-state index contributed by atoms with van der Waals surface area (Å²) in [7, 11) is 0. The number of carbonyl (C=O) groups excluding carboxylic acids is 2. The van der Waals surface area contributed by atoms with Crippen molar-refractivity contribution in [3.63, 3.8) is 0 Å². The summed E-state index contributed by atoms with van der Waals surface area (Å²) >= 11 is 3.34. The first-order chi connectivity index (χ1) is 9.49. The standard InChI is InChI=1S/C15H17BrO4/c1-3-12(10-5-7-11(16)8-6-10)13(9-14(17)18)15(19)20-4-2/h5-8H,3-4,9H2,1-2H3,(H,17,18)/p-1/b13-12+. The van der Waals surface area contributed by atoms with Crippen molar-refractivity contribution in [2.75, 3.05) is 6.61 Å². The maximum absolute atomic E-state index is 11.9. The van der Waals surface area contributed by atoms with E-state index in [2.05, 4.69) is 15.9 Å². The van der Waals surface area contributed by atoms with Gasteiger partial charge in [-0.1, -0.05) is 35.0 Å². The van der Waals surface area contributed by atoms with Gasteiger partial charge >= 0.3 is 5.97 Å². The van der Waals surface area contributed by atoms with Crippen LogP contribution in [0.1, 0.15) is 32.3 Å². The van der Waals surface area contributed by atoms with Crippen LogP contribution in [-0.2, 0) is 14.3 Å². The molecular formula is C15H16BrO4-. The van der Waals surface area contributed by atoms with Crippen molar-refractivity contribution in [1.82, 2.24) is 0 Å². The van der Waals surface area contributed by atoms with Crippen molar-refractivity contribution >= 4 is 33.4 Å². The minimum absolute atomic E-state index is 0.150. The van der Waals surface area contributed by atoms with Crippen LogP contribution >= 0.6 is 15.9 Å². The molecule has 5 heteroatoms. The quantitative estimate of drug-likeness (QED) is 0.589. The topological polar surface area (TPSA) is 66.4 Å². The SMILES string of the molecule is CCOC(=O)/C(CC(=O)[O-])=C(\CC)c1ccc(Br)cc1. The van der Waals surface area contributed by atoms with E-state index in [1.165, 1.54) is 0 Å². The molecule has 4 nitrogen and oxygen atoms in total. The second kappa shape index (κ2) is 7.85. The number of carboxylic acids is 1. The first-order valence-electron chi connectivity index (χ1n) is 6.34. The highest BCUT2D eigenvalue weighted by atomic mass is 79.9. The molecule has 1 aromatic carbocycles. The Labute approximate surface area is 126 Å². The third-order valence-electron chi connectivity index (χ3n) is 2.75. The van der Waals surface area contributed by atoms with Crippen LogP contribution in [0.15, 0.2) is 34.3 Å². The lowest BCUT2D eigenvalue weighted by Crippen LogP contribution is -2.25. The number of benzene rings is 1. The maximum Gasteiger partial charge on any atom is 0.334 e. The molecule has 0 spiro atoms. The van der Waals surface area contributed by atoms with Crippen molar-refractivity contribution in [2.24, 2.45) is 0 Å². The number of allylic oxidation sites excluding steroid dienone is 1. The Balaban J connectivity index is 3.29. The molecule has 0 saturated carbocycles. The van der Waals surface area contributed by atoms with Crippen LogP contribution in [-0.4, -0.2) is 18.5 Å². The Bertz CT molecular complexity index is 517. The Hall–Kier alpha value is -1.62. The van der Waals surface area contributed by atoms with Crippen LogP contribution in [0.2, 0.25) is 0 Å². The lowest BCUT2D eigenvalue weighted by molar-refractivity contribution is -0.304. The predicted octanol–water partition coefficient (Wildman–Crippen LogP) is 2.32. The molecule has 0 fully saturated rings. The van der Waals surface area contributed by atoms with Crippen molar-refractivity contribution in [3.05, 3.63) is 39.9 Å². The minimum Gasteiger partial charge on any atom is -0.550 e. The largest absolute Gasteiger partial charge is 0.550 e. The number of hydrogen-bond donors (Lipinski definition) is 0. The monoisotopic (exact) mass is 339 g/mol.